The lowest BCUT2D eigenvalue weighted by molar-refractivity contribution is -0.119. The molecule has 0 saturated heterocycles. The van der Waals surface area contributed by atoms with Crippen LogP contribution in [-0.2, 0) is 18.5 Å². The number of carbonyl (C=O) groups excluding carboxylic acids is 1. The van der Waals surface area contributed by atoms with Crippen LogP contribution in [0.15, 0.2) is 0 Å². The lowest BCUT2D eigenvalue weighted by Crippen LogP contribution is -2.29. The molecule has 104 valence electrons. The summed E-state index contributed by atoms with van der Waals surface area (Å²) in [5.41, 5.74) is -5.46. The number of halogens is 3. The molecule has 0 rings (SSSR count). The van der Waals surface area contributed by atoms with Crippen molar-refractivity contribution in [2.75, 3.05) is 18.3 Å². The fraction of sp³-hybridized carbons (Fsp3) is 0.875. The first-order chi connectivity index (χ1) is 7.28. The van der Waals surface area contributed by atoms with Gasteiger partial charge in [-0.2, -0.15) is 21.6 Å². The van der Waals surface area contributed by atoms with Crippen LogP contribution in [0, 0.1) is 5.92 Å². The Morgan fingerprint density at radius 2 is 1.65 bits per heavy atom. The first-order valence-corrected chi connectivity index (χ1v) is 8.50. The zero-order valence-electron chi connectivity index (χ0n) is 9.87. The van der Waals surface area contributed by atoms with Gasteiger partial charge < -0.3 is 0 Å². The smallest absolute Gasteiger partial charge is 0.298 e. The van der Waals surface area contributed by atoms with E-state index in [2.05, 4.69) is 3.63 Å². The van der Waals surface area contributed by atoms with Gasteiger partial charge in [-0.25, -0.2) is 3.63 Å². The molecule has 0 aromatic rings. The molecule has 4 nitrogen and oxygen atoms in total. The van der Waals surface area contributed by atoms with Crippen LogP contribution in [0.3, 0.4) is 0 Å². The van der Waals surface area contributed by atoms with Gasteiger partial charge in [-0.3, -0.25) is 4.79 Å². The fourth-order valence-electron chi connectivity index (χ4n) is 0.814. The van der Waals surface area contributed by atoms with E-state index in [9.17, 15) is 26.4 Å². The fourth-order valence-corrected chi connectivity index (χ4v) is 4.27. The van der Waals surface area contributed by atoms with Crippen molar-refractivity contribution in [1.82, 2.24) is 0 Å². The van der Waals surface area contributed by atoms with E-state index in [1.54, 1.807) is 13.8 Å². The highest BCUT2D eigenvalue weighted by molar-refractivity contribution is 8.32. The van der Waals surface area contributed by atoms with Crippen molar-refractivity contribution in [2.45, 2.75) is 19.4 Å². The predicted molar refractivity (Wildman–Crippen MR) is 60.2 cm³/mol. The predicted octanol–water partition coefficient (Wildman–Crippen LogP) is 2.06. The topological polar surface area (TPSA) is 60.4 Å². The van der Waals surface area contributed by atoms with Crippen LogP contribution < -0.4 is 0 Å². The molecule has 0 aromatic heterocycles. The van der Waals surface area contributed by atoms with Crippen LogP contribution in [0.4, 0.5) is 13.2 Å². The molecule has 0 saturated carbocycles. The number of hydrogen-bond donors (Lipinski definition) is 0. The molecule has 9 heteroatoms. The molecule has 0 radical (unpaired) electrons. The Morgan fingerprint density at radius 3 is 1.94 bits per heavy atom. The summed E-state index contributed by atoms with van der Waals surface area (Å²) in [7, 11) is -8.27. The number of alkyl halides is 3. The molecule has 0 aliphatic rings. The minimum Gasteiger partial charge on any atom is -0.298 e. The molecular formula is C8H15F3O4S2. The van der Waals surface area contributed by atoms with Crippen LogP contribution in [-0.4, -0.2) is 38.0 Å². The molecule has 17 heavy (non-hydrogen) atoms. The lowest BCUT2D eigenvalue weighted by Gasteiger charge is -2.29. The highest BCUT2D eigenvalue weighted by Crippen LogP contribution is 2.46. The molecule has 0 aromatic carbocycles. The van der Waals surface area contributed by atoms with Gasteiger partial charge >= 0.3 is 15.6 Å². The van der Waals surface area contributed by atoms with Gasteiger partial charge in [0.05, 0.1) is 5.75 Å². The van der Waals surface area contributed by atoms with Crippen LogP contribution >= 0.6 is 10.3 Å². The quantitative estimate of drug-likeness (QED) is 0.729. The third-order valence-electron chi connectivity index (χ3n) is 1.69. The summed E-state index contributed by atoms with van der Waals surface area (Å²) in [4.78, 5) is 11.4. The summed E-state index contributed by atoms with van der Waals surface area (Å²) in [6, 6.07) is 0. The SMILES string of the molecule is CC(C)C(=O)CS(C)(C)OS(=O)(=O)C(F)(F)F. The lowest BCUT2D eigenvalue weighted by atomic mass is 10.1. The number of ketones is 1. The number of carbonyl (C=O) groups is 1. The number of hydrogen-bond acceptors (Lipinski definition) is 4. The summed E-state index contributed by atoms with van der Waals surface area (Å²) in [6.07, 6.45) is 2.41. The summed E-state index contributed by atoms with van der Waals surface area (Å²) >= 11 is 0. The third kappa shape index (κ3) is 5.26. The van der Waals surface area contributed by atoms with Crippen molar-refractivity contribution >= 4 is 26.2 Å². The third-order valence-corrected chi connectivity index (χ3v) is 5.43. The molecule has 0 bridgehead atoms. The Balaban J connectivity index is 4.84. The van der Waals surface area contributed by atoms with E-state index in [0.717, 1.165) is 0 Å². The minimum absolute atomic E-state index is 0.319. The van der Waals surface area contributed by atoms with Gasteiger partial charge in [0.2, 0.25) is 0 Å². The van der Waals surface area contributed by atoms with Gasteiger partial charge in [0.25, 0.3) is 0 Å². The molecule has 0 spiro atoms. The maximum absolute atomic E-state index is 12.1. The van der Waals surface area contributed by atoms with E-state index < -0.39 is 25.9 Å². The summed E-state index contributed by atoms with van der Waals surface area (Å²) < 4.78 is 61.9. The molecule has 0 N–H and O–H groups in total. The Bertz CT molecular complexity index is 384. The van der Waals surface area contributed by atoms with Crippen LogP contribution in [0.25, 0.3) is 0 Å². The summed E-state index contributed by atoms with van der Waals surface area (Å²) in [6.45, 7) is 3.16. The Kier molecular flexibility index (Phi) is 5.06. The normalized spacial score (nSPS) is 15.1. The molecule has 0 aliphatic carbocycles. The second kappa shape index (κ2) is 5.15. The minimum atomic E-state index is -5.64. The van der Waals surface area contributed by atoms with E-state index in [-0.39, 0.29) is 17.5 Å². The first-order valence-electron chi connectivity index (χ1n) is 4.54. The highest BCUT2D eigenvalue weighted by atomic mass is 32.3. The van der Waals surface area contributed by atoms with E-state index >= 15 is 0 Å². The maximum atomic E-state index is 12.1. The van der Waals surface area contributed by atoms with Gasteiger partial charge in [-0.05, 0) is 12.5 Å². The number of Topliss-reactive ketones (excluding diaryl/α,β-unsaturated/α-hetero) is 1. The standard InChI is InChI=1S/C8H15F3O4S2/c1-6(2)7(12)5-16(3,4)15-17(13,14)8(9,10)11/h6H,5H2,1-4H3. The van der Waals surface area contributed by atoms with Gasteiger partial charge in [0, 0.05) is 5.92 Å². The molecule has 0 atom stereocenters. The van der Waals surface area contributed by atoms with E-state index in [4.69, 9.17) is 0 Å². The van der Waals surface area contributed by atoms with Crippen molar-refractivity contribution < 1.29 is 30.0 Å². The van der Waals surface area contributed by atoms with Crippen molar-refractivity contribution in [1.29, 1.82) is 0 Å². The largest absolute Gasteiger partial charge is 0.523 e. The average molecular weight is 296 g/mol. The Morgan fingerprint density at radius 1 is 1.24 bits per heavy atom. The summed E-state index contributed by atoms with van der Waals surface area (Å²) in [5.74, 6) is -1.03. The Hall–Kier alpha value is -0.280. The van der Waals surface area contributed by atoms with Gasteiger partial charge in [-0.1, -0.05) is 13.8 Å². The first kappa shape index (κ1) is 16.7. The maximum Gasteiger partial charge on any atom is 0.523 e. The molecule has 0 fully saturated rings. The zero-order valence-corrected chi connectivity index (χ0v) is 11.5. The van der Waals surface area contributed by atoms with Gasteiger partial charge in [0.15, 0.2) is 0 Å². The van der Waals surface area contributed by atoms with E-state index in [0.29, 0.717) is 0 Å². The number of rotatable bonds is 5. The van der Waals surface area contributed by atoms with E-state index in [1.807, 2.05) is 0 Å². The summed E-state index contributed by atoms with van der Waals surface area (Å²) in [5, 5.41) is 0. The van der Waals surface area contributed by atoms with Crippen molar-refractivity contribution in [3.05, 3.63) is 0 Å². The molecule has 0 unspecified atom stereocenters. The zero-order chi connectivity index (χ0) is 14.1. The molecule has 0 heterocycles. The average Bonchev–Trinajstić information content (AvgIpc) is 1.97. The van der Waals surface area contributed by atoms with Crippen LogP contribution in [0.1, 0.15) is 13.8 Å². The van der Waals surface area contributed by atoms with E-state index in [1.165, 1.54) is 12.5 Å². The van der Waals surface area contributed by atoms with Crippen molar-refractivity contribution in [3.63, 3.8) is 0 Å². The van der Waals surface area contributed by atoms with Gasteiger partial charge in [0.1, 0.15) is 5.78 Å². The van der Waals surface area contributed by atoms with Crippen LogP contribution in [0.2, 0.25) is 0 Å². The van der Waals surface area contributed by atoms with Crippen molar-refractivity contribution in [2.24, 2.45) is 5.92 Å². The Labute approximate surface area is 100 Å². The van der Waals surface area contributed by atoms with Crippen molar-refractivity contribution in [3.8, 4) is 0 Å². The monoisotopic (exact) mass is 296 g/mol. The molecule has 0 amide bonds. The van der Waals surface area contributed by atoms with Crippen LogP contribution in [0.5, 0.6) is 0 Å². The van der Waals surface area contributed by atoms with Gasteiger partial charge in [-0.15, -0.1) is 10.3 Å². The molecule has 0 aliphatic heterocycles. The second-order valence-corrected chi connectivity index (χ2v) is 9.25. The highest BCUT2D eigenvalue weighted by Gasteiger charge is 2.49. The second-order valence-electron chi connectivity index (χ2n) is 4.17. The molecular weight excluding hydrogens is 281 g/mol.